The van der Waals surface area contributed by atoms with E-state index in [2.05, 4.69) is 205 Å². The number of nitrogens with zero attached hydrogens (tertiary/aromatic N) is 1. The van der Waals surface area contributed by atoms with Crippen molar-refractivity contribution in [2.75, 3.05) is 4.90 Å². The smallest absolute Gasteiger partial charge is 0.137 e. The van der Waals surface area contributed by atoms with E-state index in [1.54, 1.807) is 0 Å². The van der Waals surface area contributed by atoms with Crippen LogP contribution in [0.3, 0.4) is 0 Å². The third kappa shape index (κ3) is 5.24. The van der Waals surface area contributed by atoms with E-state index in [0.717, 1.165) is 45.3 Å². The molecule has 0 fully saturated rings. The zero-order valence-corrected chi connectivity index (χ0v) is 30.6. The summed E-state index contributed by atoms with van der Waals surface area (Å²) in [7, 11) is 0. The molecular formula is C52H33NOS. The van der Waals surface area contributed by atoms with Gasteiger partial charge in [-0.15, -0.1) is 11.3 Å². The maximum absolute atomic E-state index is 6.89. The first-order valence-corrected chi connectivity index (χ1v) is 19.5. The summed E-state index contributed by atoms with van der Waals surface area (Å²) in [6, 6.07) is 72.0. The molecule has 9 aromatic carbocycles. The van der Waals surface area contributed by atoms with Crippen LogP contribution in [0.5, 0.6) is 11.5 Å². The first-order chi connectivity index (χ1) is 27.3. The first kappa shape index (κ1) is 31.6. The topological polar surface area (TPSA) is 12.5 Å². The second kappa shape index (κ2) is 12.9. The highest BCUT2D eigenvalue weighted by atomic mass is 32.1. The van der Waals surface area contributed by atoms with Crippen molar-refractivity contribution in [3.05, 3.63) is 200 Å². The number of fused-ring (bicyclic) bond motifs is 10. The van der Waals surface area contributed by atoms with Gasteiger partial charge in [0.05, 0.1) is 5.69 Å². The van der Waals surface area contributed by atoms with E-state index >= 15 is 0 Å². The van der Waals surface area contributed by atoms with Crippen molar-refractivity contribution in [2.45, 2.75) is 0 Å². The van der Waals surface area contributed by atoms with Crippen molar-refractivity contribution in [2.24, 2.45) is 0 Å². The van der Waals surface area contributed by atoms with Crippen LogP contribution in [0, 0.1) is 0 Å². The zero-order valence-electron chi connectivity index (χ0n) is 29.8. The number of thiophene rings is 1. The van der Waals surface area contributed by atoms with Crippen molar-refractivity contribution >= 4 is 59.3 Å². The highest BCUT2D eigenvalue weighted by molar-refractivity contribution is 7.26. The molecule has 0 spiro atoms. The summed E-state index contributed by atoms with van der Waals surface area (Å²) in [4.78, 5) is 2.38. The summed E-state index contributed by atoms with van der Waals surface area (Å²) >= 11 is 1.87. The number of benzene rings is 9. The molecule has 0 amide bonds. The Balaban J connectivity index is 1.12. The van der Waals surface area contributed by atoms with Gasteiger partial charge in [0.25, 0.3) is 0 Å². The van der Waals surface area contributed by atoms with Gasteiger partial charge >= 0.3 is 0 Å². The van der Waals surface area contributed by atoms with E-state index in [0.29, 0.717) is 0 Å². The minimum absolute atomic E-state index is 0.831. The van der Waals surface area contributed by atoms with E-state index in [9.17, 15) is 0 Å². The second-order valence-corrected chi connectivity index (χ2v) is 15.1. The number of ether oxygens (including phenoxy) is 1. The minimum Gasteiger partial charge on any atom is -0.456 e. The molecule has 55 heavy (non-hydrogen) atoms. The fourth-order valence-corrected chi connectivity index (χ4v) is 9.58. The highest BCUT2D eigenvalue weighted by Gasteiger charge is 2.28. The van der Waals surface area contributed by atoms with E-state index < -0.39 is 0 Å². The van der Waals surface area contributed by atoms with Crippen LogP contribution >= 0.6 is 11.3 Å². The van der Waals surface area contributed by atoms with Crippen LogP contribution in [0.2, 0.25) is 0 Å². The molecule has 0 saturated carbocycles. The van der Waals surface area contributed by atoms with Crippen molar-refractivity contribution in [3.8, 4) is 56.0 Å². The van der Waals surface area contributed by atoms with E-state index in [1.165, 1.54) is 58.8 Å². The average Bonchev–Trinajstić information content (AvgIpc) is 3.56. The van der Waals surface area contributed by atoms with Crippen LogP contribution < -0.4 is 9.64 Å². The van der Waals surface area contributed by atoms with Gasteiger partial charge in [0.2, 0.25) is 0 Å². The van der Waals surface area contributed by atoms with E-state index in [4.69, 9.17) is 4.74 Å². The Hall–Kier alpha value is -6.94. The molecule has 258 valence electrons. The third-order valence-electron chi connectivity index (χ3n) is 10.9. The minimum atomic E-state index is 0.831. The monoisotopic (exact) mass is 719 g/mol. The lowest BCUT2D eigenvalue weighted by Crippen LogP contribution is -2.11. The Bertz CT molecular complexity index is 3050. The third-order valence-corrected chi connectivity index (χ3v) is 12.1. The Labute approximate surface area is 323 Å². The molecule has 2 heterocycles. The van der Waals surface area contributed by atoms with E-state index in [-0.39, 0.29) is 0 Å². The molecular weight excluding hydrogens is 687 g/mol. The molecule has 0 saturated heterocycles. The molecule has 0 bridgehead atoms. The summed E-state index contributed by atoms with van der Waals surface area (Å²) < 4.78 is 9.52. The molecule has 3 heteroatoms. The van der Waals surface area contributed by atoms with Crippen LogP contribution in [0.1, 0.15) is 0 Å². The highest BCUT2D eigenvalue weighted by Crippen LogP contribution is 2.54. The molecule has 2 nitrogen and oxygen atoms in total. The molecule has 1 aliphatic rings. The SMILES string of the molecule is c1ccc(-c2ccc(N(c3ccc(-c4cccc5c4sc4ccccc45)cc3)c3cccc4c3-c3ccc5ccccc5c3-c3ccccc3O4)cc2)cc1. The number of anilines is 3. The lowest BCUT2D eigenvalue weighted by molar-refractivity contribution is 0.488. The van der Waals surface area contributed by atoms with Gasteiger partial charge in [0, 0.05) is 48.2 Å². The number of hydrogen-bond acceptors (Lipinski definition) is 3. The predicted molar refractivity (Wildman–Crippen MR) is 233 cm³/mol. The summed E-state index contributed by atoms with van der Waals surface area (Å²) in [5.74, 6) is 1.69. The van der Waals surface area contributed by atoms with Crippen LogP contribution in [0.4, 0.5) is 17.1 Å². The van der Waals surface area contributed by atoms with Crippen LogP contribution in [0.15, 0.2) is 200 Å². The van der Waals surface area contributed by atoms with Crippen LogP contribution in [-0.2, 0) is 0 Å². The zero-order chi connectivity index (χ0) is 36.3. The molecule has 0 N–H and O–H groups in total. The van der Waals surface area contributed by atoms with Gasteiger partial charge in [-0.3, -0.25) is 0 Å². The molecule has 0 radical (unpaired) electrons. The predicted octanol–water partition coefficient (Wildman–Crippen LogP) is 15.5. The second-order valence-electron chi connectivity index (χ2n) is 14.0. The van der Waals surface area contributed by atoms with E-state index in [1.807, 2.05) is 11.3 Å². The normalized spacial score (nSPS) is 11.8. The Morgan fingerprint density at radius 3 is 1.82 bits per heavy atom. The van der Waals surface area contributed by atoms with Gasteiger partial charge < -0.3 is 9.64 Å². The van der Waals surface area contributed by atoms with Crippen molar-refractivity contribution in [1.82, 2.24) is 0 Å². The number of rotatable bonds is 5. The lowest BCUT2D eigenvalue weighted by atomic mass is 9.89. The Morgan fingerprint density at radius 2 is 0.982 bits per heavy atom. The molecule has 1 aliphatic heterocycles. The molecule has 10 aromatic rings. The maximum Gasteiger partial charge on any atom is 0.137 e. The van der Waals surface area contributed by atoms with Gasteiger partial charge in [-0.2, -0.15) is 0 Å². The van der Waals surface area contributed by atoms with Crippen molar-refractivity contribution in [1.29, 1.82) is 0 Å². The van der Waals surface area contributed by atoms with Gasteiger partial charge in [-0.1, -0.05) is 152 Å². The largest absolute Gasteiger partial charge is 0.456 e. The first-order valence-electron chi connectivity index (χ1n) is 18.7. The fourth-order valence-electron chi connectivity index (χ4n) is 8.34. The number of para-hydroxylation sites is 1. The summed E-state index contributed by atoms with van der Waals surface area (Å²) in [5.41, 5.74) is 12.5. The maximum atomic E-state index is 6.89. The summed E-state index contributed by atoms with van der Waals surface area (Å²) in [5, 5.41) is 5.03. The summed E-state index contributed by atoms with van der Waals surface area (Å²) in [6.07, 6.45) is 0. The quantitative estimate of drug-likeness (QED) is 0.176. The van der Waals surface area contributed by atoms with Gasteiger partial charge in [0.15, 0.2) is 0 Å². The van der Waals surface area contributed by atoms with Crippen LogP contribution in [-0.4, -0.2) is 0 Å². The standard InChI is InChI=1S/C52H33NOS/c1-2-12-34(13-3-1)35-24-29-38(30-25-35)53(39-31-26-37(27-32-39)41-18-10-19-43-42-16-7-9-23-49(42)55-52(41)43)46-20-11-22-48-51(46)45-33-28-36-14-4-5-15-40(36)50(45)44-17-6-8-21-47(44)54-48/h1-33H. The molecule has 1 aromatic heterocycles. The van der Waals surface area contributed by atoms with Crippen LogP contribution in [0.25, 0.3) is 75.5 Å². The fraction of sp³-hybridized carbons (Fsp3) is 0. The number of hydrogen-bond donors (Lipinski definition) is 0. The molecule has 11 rings (SSSR count). The van der Waals surface area contributed by atoms with Crippen molar-refractivity contribution in [3.63, 3.8) is 0 Å². The van der Waals surface area contributed by atoms with Crippen molar-refractivity contribution < 1.29 is 4.74 Å². The molecule has 0 atom stereocenters. The van der Waals surface area contributed by atoms with Gasteiger partial charge in [-0.25, -0.2) is 0 Å². The molecule has 0 unspecified atom stereocenters. The molecule has 0 aliphatic carbocycles. The summed E-state index contributed by atoms with van der Waals surface area (Å²) in [6.45, 7) is 0. The lowest BCUT2D eigenvalue weighted by Gasteiger charge is -2.29. The van der Waals surface area contributed by atoms with Gasteiger partial charge in [0.1, 0.15) is 11.5 Å². The Morgan fingerprint density at radius 1 is 0.364 bits per heavy atom. The van der Waals surface area contributed by atoms with Gasteiger partial charge in [-0.05, 0) is 87.1 Å². The average molecular weight is 720 g/mol. The Kier molecular flexibility index (Phi) is 7.39.